The van der Waals surface area contributed by atoms with Gasteiger partial charge in [-0.1, -0.05) is 70.2 Å². The van der Waals surface area contributed by atoms with E-state index in [0.717, 1.165) is 19.6 Å². The lowest BCUT2D eigenvalue weighted by Crippen LogP contribution is -2.46. The molecule has 2 aliphatic heterocycles. The van der Waals surface area contributed by atoms with Crippen LogP contribution in [0.2, 0.25) is 0 Å². The van der Waals surface area contributed by atoms with E-state index in [9.17, 15) is 5.11 Å². The molecule has 0 aliphatic carbocycles. The average Bonchev–Trinajstić information content (AvgIpc) is 3.20. The minimum Gasteiger partial charge on any atom is -0.508 e. The van der Waals surface area contributed by atoms with Gasteiger partial charge in [0.2, 0.25) is 0 Å². The molecular weight excluding hydrogens is 346 g/mol. The number of hydrogen-bond donors (Lipinski definition) is 1. The first kappa shape index (κ1) is 22.4. The maximum atomic E-state index is 9.51. The Balaban J connectivity index is 0.000000660. The van der Waals surface area contributed by atoms with Gasteiger partial charge in [-0.25, -0.2) is 0 Å². The fourth-order valence-corrected chi connectivity index (χ4v) is 4.31. The smallest absolute Gasteiger partial charge is 0.115 e. The van der Waals surface area contributed by atoms with Crippen molar-refractivity contribution in [2.45, 2.75) is 71.6 Å². The van der Waals surface area contributed by atoms with Crippen LogP contribution in [0.15, 0.2) is 54.6 Å². The van der Waals surface area contributed by atoms with Gasteiger partial charge in [-0.3, -0.25) is 4.90 Å². The Labute approximate surface area is 171 Å². The number of aryl methyl sites for hydroxylation is 1. The van der Waals surface area contributed by atoms with Crippen LogP contribution in [0.25, 0.3) is 0 Å². The lowest BCUT2D eigenvalue weighted by Gasteiger charge is -2.39. The van der Waals surface area contributed by atoms with Crippen LogP contribution in [0.1, 0.15) is 64.2 Å². The minimum atomic E-state index is 0.140. The van der Waals surface area contributed by atoms with E-state index >= 15 is 0 Å². The third kappa shape index (κ3) is 5.59. The summed E-state index contributed by atoms with van der Waals surface area (Å²) in [4.78, 5) is 2.67. The first-order valence-corrected chi connectivity index (χ1v) is 11.0. The summed E-state index contributed by atoms with van der Waals surface area (Å²) < 4.78 is 6.11. The molecule has 0 saturated carbocycles. The molecule has 2 aromatic rings. The number of nitrogens with zero attached hydrogens (tertiary/aromatic N) is 1. The Morgan fingerprint density at radius 1 is 0.929 bits per heavy atom. The van der Waals surface area contributed by atoms with Gasteiger partial charge < -0.3 is 9.84 Å². The third-order valence-corrected chi connectivity index (χ3v) is 5.52. The van der Waals surface area contributed by atoms with Gasteiger partial charge in [-0.15, -0.1) is 0 Å². The van der Waals surface area contributed by atoms with Gasteiger partial charge in [0.25, 0.3) is 0 Å². The first-order valence-electron chi connectivity index (χ1n) is 11.0. The first-order chi connectivity index (χ1) is 13.8. The van der Waals surface area contributed by atoms with Gasteiger partial charge >= 0.3 is 0 Å². The van der Waals surface area contributed by atoms with Crippen LogP contribution in [0.3, 0.4) is 0 Å². The van der Waals surface area contributed by atoms with Crippen LogP contribution in [-0.2, 0) is 11.2 Å². The van der Waals surface area contributed by atoms with E-state index in [2.05, 4.69) is 35.2 Å². The second kappa shape index (κ2) is 11.9. The van der Waals surface area contributed by atoms with Crippen molar-refractivity contribution in [2.75, 3.05) is 13.2 Å². The lowest BCUT2D eigenvalue weighted by molar-refractivity contribution is -0.0686. The van der Waals surface area contributed by atoms with E-state index in [-0.39, 0.29) is 6.10 Å². The number of aromatic hydroxyl groups is 1. The van der Waals surface area contributed by atoms with Crippen molar-refractivity contribution >= 4 is 0 Å². The largest absolute Gasteiger partial charge is 0.508 e. The number of phenolic OH excluding ortho intramolecular Hbond substituents is 1. The van der Waals surface area contributed by atoms with Gasteiger partial charge in [0, 0.05) is 18.6 Å². The summed E-state index contributed by atoms with van der Waals surface area (Å²) in [6.07, 6.45) is 4.98. The van der Waals surface area contributed by atoms with Gasteiger partial charge in [0.05, 0.1) is 12.7 Å². The Morgan fingerprint density at radius 2 is 1.61 bits per heavy atom. The quantitative estimate of drug-likeness (QED) is 0.705. The average molecular weight is 384 g/mol. The number of benzene rings is 2. The van der Waals surface area contributed by atoms with E-state index < -0.39 is 0 Å². The Hall–Kier alpha value is -1.84. The van der Waals surface area contributed by atoms with Crippen LogP contribution < -0.4 is 0 Å². The third-order valence-electron chi connectivity index (χ3n) is 5.52. The molecule has 3 atom stereocenters. The summed E-state index contributed by atoms with van der Waals surface area (Å²) in [5.74, 6) is 0.318. The van der Waals surface area contributed by atoms with Crippen molar-refractivity contribution in [3.63, 3.8) is 0 Å². The van der Waals surface area contributed by atoms with E-state index in [1.165, 1.54) is 30.4 Å². The molecule has 2 saturated heterocycles. The molecular formula is C25H37NO2. The predicted molar refractivity (Wildman–Crippen MR) is 118 cm³/mol. The van der Waals surface area contributed by atoms with Crippen LogP contribution >= 0.6 is 0 Å². The molecule has 0 bridgehead atoms. The number of morpholine rings is 1. The summed E-state index contributed by atoms with van der Waals surface area (Å²) in [6, 6.07) is 19.5. The highest BCUT2D eigenvalue weighted by molar-refractivity contribution is 5.29. The van der Waals surface area contributed by atoms with Crippen molar-refractivity contribution in [1.82, 2.24) is 4.90 Å². The second-order valence-corrected chi connectivity index (χ2v) is 6.94. The Morgan fingerprint density at radius 3 is 2.29 bits per heavy atom. The van der Waals surface area contributed by atoms with Crippen molar-refractivity contribution in [1.29, 1.82) is 0 Å². The van der Waals surface area contributed by atoms with Crippen LogP contribution in [-0.4, -0.2) is 35.2 Å². The topological polar surface area (TPSA) is 32.7 Å². The molecule has 154 valence electrons. The minimum absolute atomic E-state index is 0.140. The molecule has 2 aliphatic rings. The van der Waals surface area contributed by atoms with Gasteiger partial charge in [-0.05, 0) is 48.9 Å². The molecule has 0 spiro atoms. The van der Waals surface area contributed by atoms with Gasteiger partial charge in [0.1, 0.15) is 5.75 Å². The zero-order valence-electron chi connectivity index (χ0n) is 18.0. The number of rotatable bonds is 4. The zero-order chi connectivity index (χ0) is 20.4. The van der Waals surface area contributed by atoms with Crippen molar-refractivity contribution in [2.24, 2.45) is 0 Å². The summed E-state index contributed by atoms with van der Waals surface area (Å²) in [7, 11) is 0. The molecule has 3 heteroatoms. The number of phenols is 1. The second-order valence-electron chi connectivity index (χ2n) is 6.94. The van der Waals surface area contributed by atoms with Crippen molar-refractivity contribution < 1.29 is 9.84 Å². The monoisotopic (exact) mass is 383 g/mol. The van der Waals surface area contributed by atoms with Crippen LogP contribution in [0, 0.1) is 0 Å². The highest BCUT2D eigenvalue weighted by Gasteiger charge is 2.41. The Bertz CT molecular complexity index is 656. The molecule has 2 heterocycles. The summed E-state index contributed by atoms with van der Waals surface area (Å²) in [5, 5.41) is 9.51. The molecule has 1 N–H and O–H groups in total. The Kier molecular flexibility index (Phi) is 9.52. The van der Waals surface area contributed by atoms with Crippen LogP contribution in [0.4, 0.5) is 0 Å². The van der Waals surface area contributed by atoms with Crippen molar-refractivity contribution in [3.05, 3.63) is 65.7 Å². The SMILES string of the molecule is CC.CC.Oc1ccc([C@@H]2OCCN3[C@H](CCc4ccccc4)CC[C@@H]23)cc1. The maximum absolute atomic E-state index is 9.51. The van der Waals surface area contributed by atoms with E-state index in [1.54, 1.807) is 12.1 Å². The number of hydrogen-bond acceptors (Lipinski definition) is 3. The summed E-state index contributed by atoms with van der Waals surface area (Å²) in [5.41, 5.74) is 2.62. The molecule has 2 aromatic carbocycles. The zero-order valence-corrected chi connectivity index (χ0v) is 18.0. The molecule has 0 aromatic heterocycles. The highest BCUT2D eigenvalue weighted by atomic mass is 16.5. The fourth-order valence-electron chi connectivity index (χ4n) is 4.31. The predicted octanol–water partition coefficient (Wildman–Crippen LogP) is 5.98. The summed E-state index contributed by atoms with van der Waals surface area (Å²) >= 11 is 0. The molecule has 2 fully saturated rings. The van der Waals surface area contributed by atoms with Crippen LogP contribution in [0.5, 0.6) is 5.75 Å². The lowest BCUT2D eigenvalue weighted by atomic mass is 9.99. The van der Waals surface area contributed by atoms with Gasteiger partial charge in [0.15, 0.2) is 0 Å². The van der Waals surface area contributed by atoms with Crippen molar-refractivity contribution in [3.8, 4) is 5.75 Å². The number of fused-ring (bicyclic) bond motifs is 1. The molecule has 0 amide bonds. The standard InChI is InChI=1S/C21H25NO2.2C2H6/c23-19-11-7-17(8-12-19)21-20-13-10-18(22(20)14-15-24-21)9-6-16-4-2-1-3-5-16;2*1-2/h1-5,7-8,11-12,18,20-21,23H,6,9-10,13-15H2;2*1-2H3/t18-,20+,21+;;/m1../s1. The molecule has 3 nitrogen and oxygen atoms in total. The fraction of sp³-hybridized carbons (Fsp3) is 0.520. The van der Waals surface area contributed by atoms with E-state index in [4.69, 9.17) is 4.74 Å². The normalized spacial score (nSPS) is 23.6. The van der Waals surface area contributed by atoms with E-state index in [1.807, 2.05) is 39.8 Å². The van der Waals surface area contributed by atoms with Gasteiger partial charge in [-0.2, -0.15) is 0 Å². The maximum Gasteiger partial charge on any atom is 0.115 e. The van der Waals surface area contributed by atoms with E-state index in [0.29, 0.717) is 17.8 Å². The number of ether oxygens (including phenoxy) is 1. The molecule has 4 rings (SSSR count). The highest BCUT2D eigenvalue weighted by Crippen LogP contribution is 2.39. The summed E-state index contributed by atoms with van der Waals surface area (Å²) in [6.45, 7) is 9.84. The molecule has 0 radical (unpaired) electrons. The molecule has 0 unspecified atom stereocenters. The molecule has 28 heavy (non-hydrogen) atoms.